The minimum Gasteiger partial charge on any atom is -0.332 e. The lowest BCUT2D eigenvalue weighted by molar-refractivity contribution is -0.128. The van der Waals surface area contributed by atoms with E-state index in [4.69, 9.17) is 0 Å². The number of carbonyl (C=O) groups is 1. The molecular formula is C18H19BrN2OS. The molecule has 1 aliphatic heterocycles. The van der Waals surface area contributed by atoms with Crippen molar-refractivity contribution in [1.82, 2.24) is 9.88 Å². The summed E-state index contributed by atoms with van der Waals surface area (Å²) in [5.74, 6) is 0.0956. The van der Waals surface area contributed by atoms with Gasteiger partial charge in [0.1, 0.15) is 0 Å². The largest absolute Gasteiger partial charge is 0.332 e. The number of rotatable bonds is 3. The highest BCUT2D eigenvalue weighted by molar-refractivity contribution is 9.11. The fourth-order valence-corrected chi connectivity index (χ4v) is 4.30. The minimum absolute atomic E-state index is 0.0956. The maximum absolute atomic E-state index is 12.7. The van der Waals surface area contributed by atoms with Gasteiger partial charge in [-0.1, -0.05) is 12.8 Å². The fraction of sp³-hybridized carbons (Fsp3) is 0.333. The lowest BCUT2D eigenvalue weighted by Crippen LogP contribution is -2.33. The zero-order valence-electron chi connectivity index (χ0n) is 12.8. The molecular weight excluding hydrogens is 372 g/mol. The SMILES string of the molecule is O=C(/C=C/c1ccc(Br)s1)N1CCCCCC1c1ccncc1. The highest BCUT2D eigenvalue weighted by atomic mass is 79.9. The van der Waals surface area contributed by atoms with Crippen molar-refractivity contribution in [3.05, 3.63) is 57.0 Å². The zero-order valence-corrected chi connectivity index (χ0v) is 15.2. The molecule has 1 aliphatic rings. The van der Waals surface area contributed by atoms with Gasteiger partial charge in [-0.15, -0.1) is 11.3 Å². The number of carbonyl (C=O) groups excluding carboxylic acids is 1. The van der Waals surface area contributed by atoms with E-state index in [1.807, 2.05) is 47.6 Å². The van der Waals surface area contributed by atoms with E-state index >= 15 is 0 Å². The molecule has 1 unspecified atom stereocenters. The molecule has 1 saturated heterocycles. The summed E-state index contributed by atoms with van der Waals surface area (Å²) in [7, 11) is 0. The van der Waals surface area contributed by atoms with E-state index in [2.05, 4.69) is 20.9 Å². The molecule has 1 fully saturated rings. The second-order valence-corrected chi connectivity index (χ2v) is 8.15. The lowest BCUT2D eigenvalue weighted by atomic mass is 10.0. The van der Waals surface area contributed by atoms with Gasteiger partial charge in [0.15, 0.2) is 0 Å². The van der Waals surface area contributed by atoms with Crippen LogP contribution >= 0.6 is 27.3 Å². The third-order valence-electron chi connectivity index (χ3n) is 4.11. The Hall–Kier alpha value is -1.46. The van der Waals surface area contributed by atoms with Crippen LogP contribution in [0.5, 0.6) is 0 Å². The minimum atomic E-state index is 0.0956. The van der Waals surface area contributed by atoms with Gasteiger partial charge in [-0.2, -0.15) is 0 Å². The van der Waals surface area contributed by atoms with Gasteiger partial charge in [-0.25, -0.2) is 0 Å². The van der Waals surface area contributed by atoms with Crippen molar-refractivity contribution in [1.29, 1.82) is 0 Å². The molecule has 1 amide bonds. The monoisotopic (exact) mass is 390 g/mol. The number of pyridine rings is 1. The van der Waals surface area contributed by atoms with E-state index in [9.17, 15) is 4.79 Å². The molecule has 2 aromatic rings. The Labute approximate surface area is 149 Å². The summed E-state index contributed by atoms with van der Waals surface area (Å²) in [4.78, 5) is 19.9. The molecule has 0 saturated carbocycles. The second kappa shape index (κ2) is 7.88. The number of thiophene rings is 1. The molecule has 23 heavy (non-hydrogen) atoms. The second-order valence-electron chi connectivity index (χ2n) is 5.65. The van der Waals surface area contributed by atoms with Crippen molar-refractivity contribution in [3.8, 4) is 0 Å². The summed E-state index contributed by atoms with van der Waals surface area (Å²) in [6.07, 6.45) is 11.7. The average molecular weight is 391 g/mol. The lowest BCUT2D eigenvalue weighted by Gasteiger charge is -2.29. The Morgan fingerprint density at radius 3 is 2.78 bits per heavy atom. The predicted molar refractivity (Wildman–Crippen MR) is 98.2 cm³/mol. The summed E-state index contributed by atoms with van der Waals surface area (Å²) >= 11 is 5.08. The molecule has 2 aromatic heterocycles. The number of hydrogen-bond acceptors (Lipinski definition) is 3. The molecule has 3 heterocycles. The van der Waals surface area contributed by atoms with Gasteiger partial charge >= 0.3 is 0 Å². The van der Waals surface area contributed by atoms with Crippen LogP contribution in [0.3, 0.4) is 0 Å². The molecule has 5 heteroatoms. The number of hydrogen-bond donors (Lipinski definition) is 0. The highest BCUT2D eigenvalue weighted by Crippen LogP contribution is 2.30. The van der Waals surface area contributed by atoms with E-state index in [0.29, 0.717) is 0 Å². The standard InChI is InChI=1S/C18H19BrN2OS/c19-17-7-5-15(23-17)6-8-18(22)21-13-3-1-2-4-16(21)14-9-11-20-12-10-14/h5-12,16H,1-4,13H2/b8-6+. The van der Waals surface area contributed by atoms with Crippen LogP contribution in [0, 0.1) is 0 Å². The molecule has 3 nitrogen and oxygen atoms in total. The Balaban J connectivity index is 1.79. The Bertz CT molecular complexity index is 683. The molecule has 0 N–H and O–H groups in total. The molecule has 1 atom stereocenters. The maximum atomic E-state index is 12.7. The van der Waals surface area contributed by atoms with Gasteiger partial charge in [-0.3, -0.25) is 9.78 Å². The van der Waals surface area contributed by atoms with Gasteiger partial charge in [0.25, 0.3) is 0 Å². The van der Waals surface area contributed by atoms with E-state index in [-0.39, 0.29) is 11.9 Å². The summed E-state index contributed by atoms with van der Waals surface area (Å²) in [6, 6.07) is 8.22. The topological polar surface area (TPSA) is 33.2 Å². The predicted octanol–water partition coefficient (Wildman–Crippen LogP) is 5.06. The van der Waals surface area contributed by atoms with Crippen LogP contribution in [0.25, 0.3) is 6.08 Å². The zero-order chi connectivity index (χ0) is 16.1. The van der Waals surface area contributed by atoms with E-state index in [1.165, 1.54) is 18.4 Å². The Morgan fingerprint density at radius 1 is 1.22 bits per heavy atom. The van der Waals surface area contributed by atoms with Crippen LogP contribution in [0.1, 0.15) is 42.2 Å². The molecule has 3 rings (SSSR count). The molecule has 0 aliphatic carbocycles. The summed E-state index contributed by atoms with van der Waals surface area (Å²) in [6.45, 7) is 0.824. The third-order valence-corrected chi connectivity index (χ3v) is 5.70. The van der Waals surface area contributed by atoms with Crippen LogP contribution in [-0.2, 0) is 4.79 Å². The molecule has 0 radical (unpaired) electrons. The van der Waals surface area contributed by atoms with Crippen LogP contribution in [0.15, 0.2) is 46.5 Å². The first-order valence-corrected chi connectivity index (χ1v) is 9.49. The Morgan fingerprint density at radius 2 is 2.04 bits per heavy atom. The van der Waals surface area contributed by atoms with Crippen molar-refractivity contribution >= 4 is 39.2 Å². The van der Waals surface area contributed by atoms with Crippen molar-refractivity contribution in [3.63, 3.8) is 0 Å². The van der Waals surface area contributed by atoms with Crippen molar-refractivity contribution in [2.75, 3.05) is 6.54 Å². The number of nitrogens with zero attached hydrogens (tertiary/aromatic N) is 2. The van der Waals surface area contributed by atoms with Crippen LogP contribution in [-0.4, -0.2) is 22.3 Å². The van der Waals surface area contributed by atoms with Crippen LogP contribution in [0.2, 0.25) is 0 Å². The van der Waals surface area contributed by atoms with Gasteiger partial charge < -0.3 is 4.90 Å². The first kappa shape index (κ1) is 16.4. The quantitative estimate of drug-likeness (QED) is 0.685. The number of aromatic nitrogens is 1. The van der Waals surface area contributed by atoms with Crippen LogP contribution in [0.4, 0.5) is 0 Å². The number of likely N-dealkylation sites (tertiary alicyclic amines) is 1. The van der Waals surface area contributed by atoms with Crippen molar-refractivity contribution in [2.24, 2.45) is 0 Å². The summed E-state index contributed by atoms with van der Waals surface area (Å²) in [5, 5.41) is 0. The van der Waals surface area contributed by atoms with Gasteiger partial charge in [0, 0.05) is 29.9 Å². The van der Waals surface area contributed by atoms with Crippen LogP contribution < -0.4 is 0 Å². The first-order valence-electron chi connectivity index (χ1n) is 7.88. The van der Waals surface area contributed by atoms with Gasteiger partial charge in [0.2, 0.25) is 5.91 Å². The van der Waals surface area contributed by atoms with Gasteiger partial charge in [0.05, 0.1) is 9.83 Å². The summed E-state index contributed by atoms with van der Waals surface area (Å²) < 4.78 is 1.08. The van der Waals surface area contributed by atoms with Gasteiger partial charge in [-0.05, 0) is 64.7 Å². The van der Waals surface area contributed by atoms with E-state index in [1.54, 1.807) is 17.4 Å². The van der Waals surface area contributed by atoms with E-state index in [0.717, 1.165) is 28.0 Å². The molecule has 0 spiro atoms. The molecule has 0 aromatic carbocycles. The third kappa shape index (κ3) is 4.30. The Kier molecular flexibility index (Phi) is 5.62. The number of amides is 1. The summed E-state index contributed by atoms with van der Waals surface area (Å²) in [5.41, 5.74) is 1.18. The fourth-order valence-electron chi connectivity index (χ4n) is 2.97. The highest BCUT2D eigenvalue weighted by Gasteiger charge is 2.25. The number of halogens is 1. The van der Waals surface area contributed by atoms with E-state index < -0.39 is 0 Å². The van der Waals surface area contributed by atoms with Crippen molar-refractivity contribution < 1.29 is 4.79 Å². The molecule has 0 bridgehead atoms. The molecule has 120 valence electrons. The average Bonchev–Trinajstić information content (AvgIpc) is 2.85. The first-order chi connectivity index (χ1) is 11.2. The van der Waals surface area contributed by atoms with Crippen molar-refractivity contribution in [2.45, 2.75) is 31.7 Å². The smallest absolute Gasteiger partial charge is 0.247 e. The maximum Gasteiger partial charge on any atom is 0.247 e. The normalized spacial score (nSPS) is 19.0.